The molecule has 0 aromatic heterocycles. The minimum atomic E-state index is -1.49. The van der Waals surface area contributed by atoms with Gasteiger partial charge < -0.3 is 10.8 Å². The summed E-state index contributed by atoms with van der Waals surface area (Å²) in [5.74, 6) is 0. The van der Waals surface area contributed by atoms with Gasteiger partial charge in [-0.2, -0.15) is 5.26 Å². The van der Waals surface area contributed by atoms with Crippen LogP contribution in [0.15, 0.2) is 72.4 Å². The Kier molecular flexibility index (Phi) is 3.65. The van der Waals surface area contributed by atoms with Gasteiger partial charge >= 0.3 is 0 Å². The molecule has 3 heteroatoms. The van der Waals surface area contributed by atoms with Crippen molar-refractivity contribution in [3.63, 3.8) is 0 Å². The van der Waals surface area contributed by atoms with Crippen LogP contribution in [0.3, 0.4) is 0 Å². The standard InChI is InChI=1S/C16H14N2O/c17-12-11-15(18)16(19,13-7-3-1-4-8-13)14-9-5-2-6-10-14/h1-11,19H,18H2/b15-11-. The molecule has 0 unspecified atom stereocenters. The van der Waals surface area contributed by atoms with Crippen LogP contribution >= 0.6 is 0 Å². The first-order valence-corrected chi connectivity index (χ1v) is 5.88. The van der Waals surface area contributed by atoms with E-state index in [9.17, 15) is 5.11 Å². The molecule has 0 spiro atoms. The van der Waals surface area contributed by atoms with Crippen LogP contribution in [-0.2, 0) is 5.60 Å². The molecule has 0 aliphatic heterocycles. The Hall–Kier alpha value is -2.57. The van der Waals surface area contributed by atoms with Crippen LogP contribution in [0.2, 0.25) is 0 Å². The molecular weight excluding hydrogens is 236 g/mol. The normalized spacial score (nSPS) is 11.9. The zero-order valence-corrected chi connectivity index (χ0v) is 10.3. The molecule has 0 aliphatic carbocycles. The average Bonchev–Trinajstić information content (AvgIpc) is 2.48. The van der Waals surface area contributed by atoms with Gasteiger partial charge in [-0.3, -0.25) is 0 Å². The van der Waals surface area contributed by atoms with Gasteiger partial charge in [0.1, 0.15) is 0 Å². The largest absolute Gasteiger partial charge is 0.399 e. The molecule has 3 nitrogen and oxygen atoms in total. The molecule has 0 amide bonds. The van der Waals surface area contributed by atoms with Crippen molar-refractivity contribution < 1.29 is 5.11 Å². The Morgan fingerprint density at radius 2 is 1.42 bits per heavy atom. The molecule has 19 heavy (non-hydrogen) atoms. The number of benzene rings is 2. The van der Waals surface area contributed by atoms with E-state index in [1.165, 1.54) is 6.08 Å². The van der Waals surface area contributed by atoms with E-state index in [-0.39, 0.29) is 5.70 Å². The molecule has 0 saturated carbocycles. The van der Waals surface area contributed by atoms with Crippen LogP contribution in [0.4, 0.5) is 0 Å². The number of allylic oxidation sites excluding steroid dienone is 1. The van der Waals surface area contributed by atoms with Crippen molar-refractivity contribution in [1.29, 1.82) is 5.26 Å². The van der Waals surface area contributed by atoms with E-state index in [2.05, 4.69) is 0 Å². The highest BCUT2D eigenvalue weighted by Gasteiger charge is 2.34. The zero-order valence-electron chi connectivity index (χ0n) is 10.3. The molecule has 0 heterocycles. The predicted octanol–water partition coefficient (Wildman–Crippen LogP) is 2.29. The summed E-state index contributed by atoms with van der Waals surface area (Å²) >= 11 is 0. The molecule has 0 bridgehead atoms. The van der Waals surface area contributed by atoms with Crippen LogP contribution in [-0.4, -0.2) is 5.11 Å². The summed E-state index contributed by atoms with van der Waals surface area (Å²) < 4.78 is 0. The smallest absolute Gasteiger partial charge is 0.155 e. The number of nitrogens with zero attached hydrogens (tertiary/aromatic N) is 1. The summed E-state index contributed by atoms with van der Waals surface area (Å²) in [6.45, 7) is 0. The average molecular weight is 250 g/mol. The molecule has 0 aliphatic rings. The van der Waals surface area contributed by atoms with E-state index in [1.54, 1.807) is 24.3 Å². The van der Waals surface area contributed by atoms with Gasteiger partial charge in [-0.15, -0.1) is 0 Å². The fourth-order valence-electron chi connectivity index (χ4n) is 2.03. The van der Waals surface area contributed by atoms with Crippen molar-refractivity contribution in [3.05, 3.63) is 83.6 Å². The minimum absolute atomic E-state index is 0.104. The Labute approximate surface area is 112 Å². The Morgan fingerprint density at radius 1 is 1.00 bits per heavy atom. The summed E-state index contributed by atoms with van der Waals surface area (Å²) in [6.07, 6.45) is 1.17. The fraction of sp³-hybridized carbons (Fsp3) is 0.0625. The second kappa shape index (κ2) is 5.38. The second-order valence-electron chi connectivity index (χ2n) is 4.17. The third-order valence-corrected chi connectivity index (χ3v) is 3.02. The van der Waals surface area contributed by atoms with Gasteiger partial charge in [0.25, 0.3) is 0 Å². The highest BCUT2D eigenvalue weighted by molar-refractivity contribution is 5.45. The van der Waals surface area contributed by atoms with Crippen molar-refractivity contribution in [2.45, 2.75) is 5.60 Å². The van der Waals surface area contributed by atoms with E-state index in [0.29, 0.717) is 11.1 Å². The quantitative estimate of drug-likeness (QED) is 0.821. The maximum absolute atomic E-state index is 11.0. The molecule has 0 saturated heterocycles. The predicted molar refractivity (Wildman–Crippen MR) is 73.8 cm³/mol. The van der Waals surface area contributed by atoms with E-state index in [1.807, 2.05) is 42.5 Å². The van der Waals surface area contributed by atoms with Gasteiger partial charge in [0.2, 0.25) is 0 Å². The minimum Gasteiger partial charge on any atom is -0.399 e. The SMILES string of the molecule is N#C/C=C(\N)C(O)(c1ccccc1)c1ccccc1. The first-order valence-electron chi connectivity index (χ1n) is 5.88. The molecule has 2 aromatic rings. The van der Waals surface area contributed by atoms with E-state index in [0.717, 1.165) is 0 Å². The van der Waals surface area contributed by atoms with Crippen molar-refractivity contribution in [3.8, 4) is 6.07 Å². The van der Waals surface area contributed by atoms with Crippen LogP contribution in [0.1, 0.15) is 11.1 Å². The highest BCUT2D eigenvalue weighted by atomic mass is 16.3. The summed E-state index contributed by atoms with van der Waals surface area (Å²) in [7, 11) is 0. The third kappa shape index (κ3) is 2.35. The molecule has 0 radical (unpaired) electrons. The number of rotatable bonds is 3. The van der Waals surface area contributed by atoms with Gasteiger partial charge in [-0.1, -0.05) is 60.7 Å². The third-order valence-electron chi connectivity index (χ3n) is 3.02. The fourth-order valence-corrected chi connectivity index (χ4v) is 2.03. The van der Waals surface area contributed by atoms with Gasteiger partial charge in [0, 0.05) is 6.08 Å². The van der Waals surface area contributed by atoms with E-state index < -0.39 is 5.60 Å². The summed E-state index contributed by atoms with van der Waals surface area (Å²) in [5, 5.41) is 19.8. The lowest BCUT2D eigenvalue weighted by atomic mass is 9.83. The first kappa shape index (κ1) is 12.9. The first-order chi connectivity index (χ1) is 9.19. The van der Waals surface area contributed by atoms with E-state index >= 15 is 0 Å². The van der Waals surface area contributed by atoms with E-state index in [4.69, 9.17) is 11.0 Å². The summed E-state index contributed by atoms with van der Waals surface area (Å²) in [6, 6.07) is 20.0. The van der Waals surface area contributed by atoms with Gasteiger partial charge in [0.15, 0.2) is 5.60 Å². The van der Waals surface area contributed by atoms with Crippen molar-refractivity contribution >= 4 is 0 Å². The zero-order chi connectivity index (χ0) is 13.7. The number of nitriles is 1. The topological polar surface area (TPSA) is 70.0 Å². The second-order valence-corrected chi connectivity index (χ2v) is 4.17. The molecule has 2 aromatic carbocycles. The molecule has 0 atom stereocenters. The lowest BCUT2D eigenvalue weighted by molar-refractivity contribution is 0.119. The molecule has 0 fully saturated rings. The lowest BCUT2D eigenvalue weighted by Crippen LogP contribution is -2.34. The van der Waals surface area contributed by atoms with Crippen molar-refractivity contribution in [2.24, 2.45) is 5.73 Å². The maximum atomic E-state index is 11.0. The Balaban J connectivity index is 2.65. The maximum Gasteiger partial charge on any atom is 0.155 e. The lowest BCUT2D eigenvalue weighted by Gasteiger charge is -2.29. The Morgan fingerprint density at radius 3 is 1.79 bits per heavy atom. The summed E-state index contributed by atoms with van der Waals surface area (Å²) in [4.78, 5) is 0. The van der Waals surface area contributed by atoms with Crippen LogP contribution in [0.5, 0.6) is 0 Å². The van der Waals surface area contributed by atoms with Crippen LogP contribution < -0.4 is 5.73 Å². The van der Waals surface area contributed by atoms with Crippen LogP contribution in [0.25, 0.3) is 0 Å². The molecular formula is C16H14N2O. The number of aliphatic hydroxyl groups is 1. The molecule has 2 rings (SSSR count). The monoisotopic (exact) mass is 250 g/mol. The molecule has 94 valence electrons. The molecule has 3 N–H and O–H groups in total. The van der Waals surface area contributed by atoms with Gasteiger partial charge in [-0.05, 0) is 11.1 Å². The Bertz CT molecular complexity index is 573. The number of hydrogen-bond acceptors (Lipinski definition) is 3. The number of nitrogens with two attached hydrogens (primary N) is 1. The van der Waals surface area contributed by atoms with Gasteiger partial charge in [0.05, 0.1) is 11.8 Å². The highest BCUT2D eigenvalue weighted by Crippen LogP contribution is 2.33. The number of hydrogen-bond donors (Lipinski definition) is 2. The van der Waals surface area contributed by atoms with Crippen molar-refractivity contribution in [1.82, 2.24) is 0 Å². The van der Waals surface area contributed by atoms with Crippen LogP contribution in [0, 0.1) is 11.3 Å². The summed E-state index contributed by atoms with van der Waals surface area (Å²) in [5.41, 5.74) is 5.79. The van der Waals surface area contributed by atoms with Crippen molar-refractivity contribution in [2.75, 3.05) is 0 Å². The van der Waals surface area contributed by atoms with Gasteiger partial charge in [-0.25, -0.2) is 0 Å².